The van der Waals surface area contributed by atoms with E-state index in [0.717, 1.165) is 10.1 Å². The van der Waals surface area contributed by atoms with Crippen LogP contribution in [0.2, 0.25) is 0 Å². The Morgan fingerprint density at radius 3 is 3.08 bits per heavy atom. The van der Waals surface area contributed by atoms with Gasteiger partial charge in [-0.3, -0.25) is 4.79 Å². The van der Waals surface area contributed by atoms with Crippen molar-refractivity contribution >= 4 is 27.4 Å². The van der Waals surface area contributed by atoms with Gasteiger partial charge in [0.05, 0.1) is 0 Å². The van der Waals surface area contributed by atoms with E-state index >= 15 is 0 Å². The smallest absolute Gasteiger partial charge is 0.179 e. The van der Waals surface area contributed by atoms with Crippen LogP contribution in [0.15, 0.2) is 29.0 Å². The first-order chi connectivity index (χ1) is 6.16. The molecular formula is C9H7BrN2O. The molecule has 0 saturated heterocycles. The molecule has 0 saturated carbocycles. The van der Waals surface area contributed by atoms with Crippen molar-refractivity contribution in [3.63, 3.8) is 0 Å². The van der Waals surface area contributed by atoms with Crippen LogP contribution in [0, 0.1) is 0 Å². The predicted molar refractivity (Wildman–Crippen MR) is 52.9 cm³/mol. The lowest BCUT2D eigenvalue weighted by Gasteiger charge is -1.91. The van der Waals surface area contributed by atoms with Crippen LogP contribution in [0.4, 0.5) is 0 Å². The summed E-state index contributed by atoms with van der Waals surface area (Å²) >= 11 is 3.34. The van der Waals surface area contributed by atoms with Crippen LogP contribution in [0.25, 0.3) is 5.65 Å². The van der Waals surface area contributed by atoms with Gasteiger partial charge in [-0.25, -0.2) is 4.98 Å². The summed E-state index contributed by atoms with van der Waals surface area (Å²) in [5, 5.41) is 0. The third kappa shape index (κ3) is 1.49. The second-order valence-electron chi connectivity index (χ2n) is 2.79. The number of ketones is 1. The third-order valence-electron chi connectivity index (χ3n) is 1.78. The first kappa shape index (κ1) is 8.44. The number of carbonyl (C=O) groups excluding carboxylic acids is 1. The molecule has 0 fully saturated rings. The number of rotatable bonds is 1. The summed E-state index contributed by atoms with van der Waals surface area (Å²) in [5.41, 5.74) is 1.28. The molecule has 0 aliphatic carbocycles. The van der Waals surface area contributed by atoms with Gasteiger partial charge >= 0.3 is 0 Å². The highest BCUT2D eigenvalue weighted by Crippen LogP contribution is 2.13. The van der Waals surface area contributed by atoms with Crippen molar-refractivity contribution in [2.75, 3.05) is 0 Å². The highest BCUT2D eigenvalue weighted by atomic mass is 79.9. The molecule has 0 radical (unpaired) electrons. The quantitative estimate of drug-likeness (QED) is 0.715. The normalized spacial score (nSPS) is 10.6. The molecule has 0 unspecified atom stereocenters. The molecule has 2 rings (SSSR count). The van der Waals surface area contributed by atoms with E-state index in [-0.39, 0.29) is 5.78 Å². The maximum Gasteiger partial charge on any atom is 0.179 e. The first-order valence-electron chi connectivity index (χ1n) is 3.82. The van der Waals surface area contributed by atoms with Gasteiger partial charge in [-0.15, -0.1) is 0 Å². The van der Waals surface area contributed by atoms with Gasteiger partial charge in [0, 0.05) is 23.8 Å². The number of Topliss-reactive ketones (excluding diaryl/α,β-unsaturated/α-hetero) is 1. The molecule has 0 atom stereocenters. The van der Waals surface area contributed by atoms with Crippen molar-refractivity contribution in [2.24, 2.45) is 0 Å². The Morgan fingerprint density at radius 2 is 2.38 bits per heavy atom. The molecule has 2 aromatic rings. The van der Waals surface area contributed by atoms with E-state index in [2.05, 4.69) is 20.9 Å². The van der Waals surface area contributed by atoms with E-state index < -0.39 is 0 Å². The van der Waals surface area contributed by atoms with Crippen molar-refractivity contribution in [2.45, 2.75) is 6.92 Å². The Bertz CT molecular complexity index is 475. The lowest BCUT2D eigenvalue weighted by atomic mass is 10.3. The minimum atomic E-state index is -0.0141. The molecule has 0 spiro atoms. The Labute approximate surface area is 83.5 Å². The fourth-order valence-electron chi connectivity index (χ4n) is 1.13. The van der Waals surface area contributed by atoms with Gasteiger partial charge in [-0.1, -0.05) is 15.9 Å². The summed E-state index contributed by atoms with van der Waals surface area (Å²) < 4.78 is 2.78. The second kappa shape index (κ2) is 2.96. The molecule has 2 heterocycles. The largest absolute Gasteiger partial charge is 0.306 e. The monoisotopic (exact) mass is 238 g/mol. The van der Waals surface area contributed by atoms with Gasteiger partial charge in [0.1, 0.15) is 11.3 Å². The summed E-state index contributed by atoms with van der Waals surface area (Å²) in [6.07, 6.45) is 3.59. The minimum Gasteiger partial charge on any atom is -0.306 e. The van der Waals surface area contributed by atoms with Gasteiger partial charge in [-0.2, -0.15) is 0 Å². The van der Waals surface area contributed by atoms with Gasteiger partial charge < -0.3 is 4.40 Å². The van der Waals surface area contributed by atoms with Gasteiger partial charge in [0.2, 0.25) is 0 Å². The van der Waals surface area contributed by atoms with Crippen LogP contribution < -0.4 is 0 Å². The Kier molecular flexibility index (Phi) is 1.92. The lowest BCUT2D eigenvalue weighted by Crippen LogP contribution is -1.89. The molecule has 66 valence electrons. The molecule has 0 aromatic carbocycles. The summed E-state index contributed by atoms with van der Waals surface area (Å²) in [6, 6.07) is 3.77. The number of fused-ring (bicyclic) bond motifs is 1. The van der Waals surface area contributed by atoms with E-state index in [0.29, 0.717) is 5.69 Å². The number of aromatic nitrogens is 2. The molecular weight excluding hydrogens is 232 g/mol. The zero-order valence-electron chi connectivity index (χ0n) is 6.99. The van der Waals surface area contributed by atoms with Crippen molar-refractivity contribution in [1.82, 2.24) is 9.38 Å². The van der Waals surface area contributed by atoms with Crippen molar-refractivity contribution in [3.8, 4) is 0 Å². The van der Waals surface area contributed by atoms with Crippen molar-refractivity contribution in [1.29, 1.82) is 0 Å². The number of pyridine rings is 1. The third-order valence-corrected chi connectivity index (χ3v) is 2.28. The number of halogens is 1. The van der Waals surface area contributed by atoms with Crippen LogP contribution in [0.5, 0.6) is 0 Å². The van der Waals surface area contributed by atoms with Crippen LogP contribution in [0.1, 0.15) is 17.4 Å². The number of hydrogen-bond donors (Lipinski definition) is 0. The van der Waals surface area contributed by atoms with E-state index in [4.69, 9.17) is 0 Å². The summed E-state index contributed by atoms with van der Waals surface area (Å²) in [7, 11) is 0. The van der Waals surface area contributed by atoms with Crippen LogP contribution >= 0.6 is 15.9 Å². The molecule has 13 heavy (non-hydrogen) atoms. The zero-order valence-corrected chi connectivity index (χ0v) is 8.58. The fourth-order valence-corrected chi connectivity index (χ4v) is 1.45. The van der Waals surface area contributed by atoms with Crippen LogP contribution in [-0.2, 0) is 0 Å². The van der Waals surface area contributed by atoms with E-state index in [1.165, 1.54) is 6.92 Å². The highest BCUT2D eigenvalue weighted by molar-refractivity contribution is 9.10. The van der Waals surface area contributed by atoms with E-state index in [1.54, 1.807) is 6.20 Å². The Morgan fingerprint density at radius 1 is 1.62 bits per heavy atom. The molecule has 2 aromatic heterocycles. The van der Waals surface area contributed by atoms with Gasteiger partial charge in [-0.05, 0) is 12.1 Å². The van der Waals surface area contributed by atoms with E-state index in [9.17, 15) is 4.79 Å². The molecule has 4 heteroatoms. The molecule has 0 bridgehead atoms. The summed E-state index contributed by atoms with van der Waals surface area (Å²) in [5.74, 6) is -0.0141. The maximum absolute atomic E-state index is 11.0. The molecule has 3 nitrogen and oxygen atoms in total. The molecule has 0 N–H and O–H groups in total. The first-order valence-corrected chi connectivity index (χ1v) is 4.61. The average Bonchev–Trinajstić information content (AvgIpc) is 2.46. The molecule has 0 amide bonds. The topological polar surface area (TPSA) is 34.4 Å². The minimum absolute atomic E-state index is 0.0141. The standard InChI is InChI=1S/C9H7BrN2O/c1-6(13)8-5-12-3-2-7(10)4-9(12)11-8/h2-5H,1H3. The van der Waals surface area contributed by atoms with Crippen LogP contribution in [0.3, 0.4) is 0 Å². The maximum atomic E-state index is 11.0. The lowest BCUT2D eigenvalue weighted by molar-refractivity contribution is 0.101. The number of imidazole rings is 1. The summed E-state index contributed by atoms with van der Waals surface area (Å²) in [6.45, 7) is 1.51. The number of nitrogens with zero attached hydrogens (tertiary/aromatic N) is 2. The zero-order chi connectivity index (χ0) is 9.42. The molecule has 0 aliphatic rings. The van der Waals surface area contributed by atoms with Crippen LogP contribution in [-0.4, -0.2) is 15.2 Å². The van der Waals surface area contributed by atoms with E-state index in [1.807, 2.05) is 22.7 Å². The average molecular weight is 239 g/mol. The summed E-state index contributed by atoms with van der Waals surface area (Å²) in [4.78, 5) is 15.2. The van der Waals surface area contributed by atoms with Gasteiger partial charge in [0.25, 0.3) is 0 Å². The highest BCUT2D eigenvalue weighted by Gasteiger charge is 2.04. The number of carbonyl (C=O) groups is 1. The SMILES string of the molecule is CC(=O)c1cn2ccc(Br)cc2n1. The second-order valence-corrected chi connectivity index (χ2v) is 3.71. The fraction of sp³-hybridized carbons (Fsp3) is 0.111. The number of hydrogen-bond acceptors (Lipinski definition) is 2. The van der Waals surface area contributed by atoms with Crippen molar-refractivity contribution in [3.05, 3.63) is 34.7 Å². The molecule has 0 aliphatic heterocycles. The Hall–Kier alpha value is -1.16. The predicted octanol–water partition coefficient (Wildman–Crippen LogP) is 2.30. The van der Waals surface area contributed by atoms with Crippen molar-refractivity contribution < 1.29 is 4.79 Å². The Balaban J connectivity index is 2.68. The van der Waals surface area contributed by atoms with Gasteiger partial charge in [0.15, 0.2) is 5.78 Å².